The predicted molar refractivity (Wildman–Crippen MR) is 69.4 cm³/mol. The lowest BCUT2D eigenvalue weighted by Crippen LogP contribution is -2.45. The van der Waals surface area contributed by atoms with Gasteiger partial charge in [0.05, 0.1) is 12.6 Å². The fourth-order valence-electron chi connectivity index (χ4n) is 0.844. The molecule has 0 spiro atoms. The number of alkyl carbamates (subject to hydrolysis) is 1. The molecule has 9 heteroatoms. The van der Waals surface area contributed by atoms with Gasteiger partial charge in [-0.1, -0.05) is 0 Å². The van der Waals surface area contributed by atoms with Crippen LogP contribution in [0.3, 0.4) is 0 Å². The van der Waals surface area contributed by atoms with Crippen LogP contribution >= 0.6 is 0 Å². The number of carbonyl (C=O) groups excluding carboxylic acids is 1. The summed E-state index contributed by atoms with van der Waals surface area (Å²) < 4.78 is 9.93. The summed E-state index contributed by atoms with van der Waals surface area (Å²) in [4.78, 5) is 29.5. The number of aliphatic carboxylic acids is 2. The molecule has 0 radical (unpaired) electrons. The number of nitrogens with two attached hydrogens (primary N) is 1. The average Bonchev–Trinajstić information content (AvgIpc) is 2.26. The van der Waals surface area contributed by atoms with Crippen LogP contribution in [0.4, 0.5) is 4.79 Å². The molecule has 0 heterocycles. The van der Waals surface area contributed by atoms with Crippen LogP contribution in [0, 0.1) is 0 Å². The number of carbonyl (C=O) groups is 3. The minimum absolute atomic E-state index is 0.199. The number of ether oxygens (including phenoxy) is 2. The molecule has 0 saturated carbocycles. The summed E-state index contributed by atoms with van der Waals surface area (Å²) in [5.41, 5.74) is 4.93. The van der Waals surface area contributed by atoms with E-state index in [1.807, 2.05) is 0 Å². The molecule has 0 saturated heterocycles. The third-order valence-electron chi connectivity index (χ3n) is 1.56. The normalized spacial score (nSPS) is 11.7. The van der Waals surface area contributed by atoms with Crippen molar-refractivity contribution in [1.82, 2.24) is 5.32 Å². The van der Waals surface area contributed by atoms with Gasteiger partial charge in [-0.2, -0.15) is 0 Å². The van der Waals surface area contributed by atoms with E-state index in [0.717, 1.165) is 0 Å². The van der Waals surface area contributed by atoms with Gasteiger partial charge in [0.1, 0.15) is 5.60 Å². The van der Waals surface area contributed by atoms with Crippen molar-refractivity contribution < 1.29 is 34.1 Å². The van der Waals surface area contributed by atoms with Crippen molar-refractivity contribution in [3.63, 3.8) is 0 Å². The SMILES string of the molecule is COC[C@@H](CN)NC(=O)OC(C)(C)C.O=C(O)C(=O)O. The van der Waals surface area contributed by atoms with Crippen molar-refractivity contribution in [2.45, 2.75) is 32.4 Å². The smallest absolute Gasteiger partial charge is 0.414 e. The number of amides is 1. The molecule has 0 unspecified atom stereocenters. The molecule has 0 aromatic carbocycles. The molecule has 0 fully saturated rings. The van der Waals surface area contributed by atoms with Gasteiger partial charge in [-0.25, -0.2) is 14.4 Å². The monoisotopic (exact) mass is 294 g/mol. The Morgan fingerprint density at radius 3 is 1.90 bits per heavy atom. The Morgan fingerprint density at radius 1 is 1.20 bits per heavy atom. The fraction of sp³-hybridized carbons (Fsp3) is 0.727. The molecule has 0 aliphatic carbocycles. The van der Waals surface area contributed by atoms with E-state index in [1.165, 1.54) is 0 Å². The molecule has 0 aliphatic heterocycles. The molecule has 0 aliphatic rings. The van der Waals surface area contributed by atoms with Crippen LogP contribution in [0.1, 0.15) is 20.8 Å². The van der Waals surface area contributed by atoms with Crippen molar-refractivity contribution in [3.05, 3.63) is 0 Å². The van der Waals surface area contributed by atoms with E-state index in [9.17, 15) is 4.79 Å². The first-order valence-electron chi connectivity index (χ1n) is 5.68. The van der Waals surface area contributed by atoms with E-state index >= 15 is 0 Å². The summed E-state index contributed by atoms with van der Waals surface area (Å²) in [6.45, 7) is 6.13. The van der Waals surface area contributed by atoms with Crippen LogP contribution in [-0.2, 0) is 19.1 Å². The van der Waals surface area contributed by atoms with Crippen LogP contribution in [0.25, 0.3) is 0 Å². The minimum Gasteiger partial charge on any atom is -0.473 e. The largest absolute Gasteiger partial charge is 0.473 e. The molecule has 9 nitrogen and oxygen atoms in total. The quantitative estimate of drug-likeness (QED) is 0.514. The van der Waals surface area contributed by atoms with Crippen molar-refractivity contribution >= 4 is 18.0 Å². The molecule has 0 bridgehead atoms. The van der Waals surface area contributed by atoms with Crippen LogP contribution in [-0.4, -0.2) is 60.1 Å². The van der Waals surface area contributed by atoms with E-state index in [-0.39, 0.29) is 6.04 Å². The number of carboxylic acids is 2. The summed E-state index contributed by atoms with van der Waals surface area (Å²) in [6, 6.07) is -0.199. The highest BCUT2D eigenvalue weighted by molar-refractivity contribution is 6.27. The third kappa shape index (κ3) is 14.2. The fourth-order valence-corrected chi connectivity index (χ4v) is 0.844. The lowest BCUT2D eigenvalue weighted by Gasteiger charge is -2.22. The Morgan fingerprint density at radius 2 is 1.65 bits per heavy atom. The highest BCUT2D eigenvalue weighted by Gasteiger charge is 2.18. The first-order chi connectivity index (χ1) is 9.03. The Kier molecular flexibility index (Phi) is 10.2. The highest BCUT2D eigenvalue weighted by Crippen LogP contribution is 2.06. The summed E-state index contributed by atoms with van der Waals surface area (Å²) in [5.74, 6) is -3.65. The number of methoxy groups -OCH3 is 1. The molecular formula is C11H22N2O7. The van der Waals surface area contributed by atoms with Gasteiger partial charge in [-0.3, -0.25) is 0 Å². The lowest BCUT2D eigenvalue weighted by atomic mass is 10.2. The summed E-state index contributed by atoms with van der Waals surface area (Å²) in [7, 11) is 1.55. The van der Waals surface area contributed by atoms with Gasteiger partial charge in [-0.15, -0.1) is 0 Å². The van der Waals surface area contributed by atoms with E-state index in [4.69, 9.17) is 35.0 Å². The summed E-state index contributed by atoms with van der Waals surface area (Å²) in [5, 5.41) is 17.4. The van der Waals surface area contributed by atoms with E-state index in [2.05, 4.69) is 5.32 Å². The van der Waals surface area contributed by atoms with Crippen LogP contribution in [0.2, 0.25) is 0 Å². The molecule has 1 amide bonds. The Hall–Kier alpha value is -1.87. The maximum Gasteiger partial charge on any atom is 0.414 e. The summed E-state index contributed by atoms with van der Waals surface area (Å²) >= 11 is 0. The van der Waals surface area contributed by atoms with Crippen molar-refractivity contribution in [2.24, 2.45) is 5.73 Å². The lowest BCUT2D eigenvalue weighted by molar-refractivity contribution is -0.159. The van der Waals surface area contributed by atoms with E-state index in [0.29, 0.717) is 13.2 Å². The maximum atomic E-state index is 11.3. The van der Waals surface area contributed by atoms with Crippen LogP contribution in [0.5, 0.6) is 0 Å². The Labute approximate surface area is 117 Å². The molecule has 118 valence electrons. The van der Waals surface area contributed by atoms with Gasteiger partial charge in [-0.05, 0) is 20.8 Å². The second-order valence-corrected chi connectivity index (χ2v) is 4.64. The zero-order chi connectivity index (χ0) is 16.3. The predicted octanol–water partition coefficient (Wildman–Crippen LogP) is -0.360. The molecule has 20 heavy (non-hydrogen) atoms. The van der Waals surface area contributed by atoms with E-state index < -0.39 is 23.6 Å². The maximum absolute atomic E-state index is 11.3. The second kappa shape index (κ2) is 9.98. The van der Waals surface area contributed by atoms with Crippen molar-refractivity contribution in [1.29, 1.82) is 0 Å². The minimum atomic E-state index is -1.82. The Balaban J connectivity index is 0. The number of rotatable bonds is 4. The molecular weight excluding hydrogens is 272 g/mol. The van der Waals surface area contributed by atoms with Gasteiger partial charge in [0, 0.05) is 13.7 Å². The van der Waals surface area contributed by atoms with Gasteiger partial charge in [0.25, 0.3) is 0 Å². The molecule has 0 aromatic heterocycles. The first-order valence-corrected chi connectivity index (χ1v) is 5.68. The molecule has 1 atom stereocenters. The Bertz CT molecular complexity index is 313. The average molecular weight is 294 g/mol. The standard InChI is InChI=1S/C9H20N2O3.C2H2O4/c1-9(2,3)14-8(12)11-7(5-10)6-13-4;3-1(4)2(5)6/h7H,5-6,10H2,1-4H3,(H,11,12);(H,3,4)(H,5,6)/t7-;/m1./s1. The van der Waals surface area contributed by atoms with Gasteiger partial charge in [0.15, 0.2) is 0 Å². The number of hydrogen-bond donors (Lipinski definition) is 4. The second-order valence-electron chi connectivity index (χ2n) is 4.64. The first kappa shape index (κ1) is 20.4. The van der Waals surface area contributed by atoms with Crippen molar-refractivity contribution in [2.75, 3.05) is 20.3 Å². The van der Waals surface area contributed by atoms with Gasteiger partial charge >= 0.3 is 18.0 Å². The highest BCUT2D eigenvalue weighted by atomic mass is 16.6. The third-order valence-corrected chi connectivity index (χ3v) is 1.56. The van der Waals surface area contributed by atoms with Crippen LogP contribution < -0.4 is 11.1 Å². The molecule has 5 N–H and O–H groups in total. The number of hydrogen-bond acceptors (Lipinski definition) is 6. The van der Waals surface area contributed by atoms with Gasteiger partial charge in [0.2, 0.25) is 0 Å². The van der Waals surface area contributed by atoms with E-state index in [1.54, 1.807) is 27.9 Å². The van der Waals surface area contributed by atoms with Gasteiger partial charge < -0.3 is 30.7 Å². The summed E-state index contributed by atoms with van der Waals surface area (Å²) in [6.07, 6.45) is -0.468. The number of nitrogens with one attached hydrogen (secondary N) is 1. The molecule has 0 aromatic rings. The number of carboxylic acid groups (broad SMARTS) is 2. The van der Waals surface area contributed by atoms with Crippen molar-refractivity contribution in [3.8, 4) is 0 Å². The zero-order valence-electron chi connectivity index (χ0n) is 12.0. The van der Waals surface area contributed by atoms with Crippen LogP contribution in [0.15, 0.2) is 0 Å². The zero-order valence-corrected chi connectivity index (χ0v) is 12.0. The molecule has 0 rings (SSSR count). The topological polar surface area (TPSA) is 148 Å².